The summed E-state index contributed by atoms with van der Waals surface area (Å²) in [5, 5.41) is 45.3. The first kappa shape index (κ1) is 41.9. The molecular formula is C42H38BBrN8O10. The van der Waals surface area contributed by atoms with Crippen molar-refractivity contribution in [1.82, 2.24) is 19.9 Å². The number of aromatic hydroxyl groups is 2. The summed E-state index contributed by atoms with van der Waals surface area (Å²) in [6.07, 6.45) is 10.4. The highest BCUT2D eigenvalue weighted by molar-refractivity contribution is 9.10. The van der Waals surface area contributed by atoms with E-state index in [1.54, 1.807) is 48.8 Å². The number of phenolic OH excluding ortho intramolecular Hbond substituents is 2. The van der Waals surface area contributed by atoms with E-state index in [9.17, 15) is 10.2 Å². The van der Waals surface area contributed by atoms with E-state index in [0.717, 1.165) is 51.7 Å². The number of hydrogen-bond acceptors (Lipinski definition) is 18. The lowest BCUT2D eigenvalue weighted by atomic mass is 9.80. The van der Waals surface area contributed by atoms with E-state index in [1.807, 2.05) is 36.4 Å². The van der Waals surface area contributed by atoms with Gasteiger partial charge in [-0.1, -0.05) is 22.0 Å². The minimum atomic E-state index is -1.47. The van der Waals surface area contributed by atoms with E-state index in [0.29, 0.717) is 34.0 Å². The maximum absolute atomic E-state index is 9.99. The second-order valence-electron chi connectivity index (χ2n) is 14.3. The average molecular weight is 906 g/mol. The van der Waals surface area contributed by atoms with Crippen molar-refractivity contribution in [2.75, 3.05) is 19.8 Å². The summed E-state index contributed by atoms with van der Waals surface area (Å²) in [4.78, 5) is 24.4. The second kappa shape index (κ2) is 17.6. The highest BCUT2D eigenvalue weighted by atomic mass is 79.9. The first-order chi connectivity index (χ1) is 29.9. The van der Waals surface area contributed by atoms with Gasteiger partial charge in [-0.15, -0.1) is 0 Å². The number of aliphatic imine (C=N–C) groups is 2. The molecule has 5 aliphatic heterocycles. The van der Waals surface area contributed by atoms with Gasteiger partial charge < -0.3 is 60.5 Å². The molecule has 1 saturated heterocycles. The molecule has 7 heterocycles. The third-order valence-electron chi connectivity index (χ3n) is 10.2. The molecule has 3 unspecified atom stereocenters. The fourth-order valence-corrected chi connectivity index (χ4v) is 7.65. The quantitative estimate of drug-likeness (QED) is 0.122. The topological polar surface area (TPSA) is 276 Å². The van der Waals surface area contributed by atoms with Crippen molar-refractivity contribution in [3.8, 4) is 45.6 Å². The first-order valence-corrected chi connectivity index (χ1v) is 19.8. The van der Waals surface area contributed by atoms with Gasteiger partial charge in [0.25, 0.3) is 12.0 Å². The summed E-state index contributed by atoms with van der Waals surface area (Å²) in [6.45, 7) is 1.25. The molecule has 3 atom stereocenters. The number of aliphatic hydroxyl groups excluding tert-OH is 1. The second-order valence-corrected chi connectivity index (χ2v) is 15.2. The summed E-state index contributed by atoms with van der Waals surface area (Å²) in [5.41, 5.74) is 15.2. The van der Waals surface area contributed by atoms with E-state index in [1.165, 1.54) is 25.0 Å². The number of benzene rings is 4. The van der Waals surface area contributed by atoms with Crippen LogP contribution >= 0.6 is 15.9 Å². The number of ether oxygens (including phenoxy) is 5. The summed E-state index contributed by atoms with van der Waals surface area (Å²) in [7, 11) is -1.47. The lowest BCUT2D eigenvalue weighted by Crippen LogP contribution is -2.31. The molecule has 316 valence electrons. The van der Waals surface area contributed by atoms with Crippen LogP contribution in [0.3, 0.4) is 0 Å². The maximum atomic E-state index is 9.99. The number of halogens is 1. The Bertz CT molecular complexity index is 2590. The lowest BCUT2D eigenvalue weighted by molar-refractivity contribution is -0.0589. The molecule has 0 saturated carbocycles. The Morgan fingerprint density at radius 2 is 1.11 bits per heavy atom. The molecule has 9 N–H and O–H groups in total. The van der Waals surface area contributed by atoms with Crippen LogP contribution in [0.4, 0.5) is 0 Å². The lowest BCUT2D eigenvalue weighted by Gasteiger charge is -2.33. The van der Waals surface area contributed by atoms with E-state index >= 15 is 0 Å². The Kier molecular flexibility index (Phi) is 11.9. The first-order valence-electron chi connectivity index (χ1n) is 19.0. The molecule has 5 aliphatic rings. The third-order valence-corrected chi connectivity index (χ3v) is 10.7. The molecule has 2 aromatic heterocycles. The Morgan fingerprint density at radius 1 is 0.629 bits per heavy atom. The molecule has 62 heavy (non-hydrogen) atoms. The van der Waals surface area contributed by atoms with Crippen LogP contribution in [0.1, 0.15) is 35.1 Å². The van der Waals surface area contributed by atoms with E-state index in [-0.39, 0.29) is 36.8 Å². The third kappa shape index (κ3) is 8.54. The monoisotopic (exact) mass is 904 g/mol. The number of phenols is 2. The van der Waals surface area contributed by atoms with Crippen LogP contribution in [-0.4, -0.2) is 90.6 Å². The zero-order chi connectivity index (χ0) is 43.4. The molecule has 4 aromatic carbocycles. The van der Waals surface area contributed by atoms with Crippen LogP contribution in [0.5, 0.6) is 34.5 Å². The van der Waals surface area contributed by atoms with Gasteiger partial charge >= 0.3 is 7.12 Å². The molecule has 0 bridgehead atoms. The molecule has 2 spiro atoms. The van der Waals surface area contributed by atoms with Crippen LogP contribution in [0.15, 0.2) is 125 Å². The van der Waals surface area contributed by atoms with Gasteiger partial charge in [-0.2, -0.15) is 0 Å². The number of nitrogens with zero attached hydrogens (tertiary/aromatic N) is 6. The Hall–Kier alpha value is -6.84. The average Bonchev–Trinajstić information content (AvgIpc) is 4.04. The maximum Gasteiger partial charge on any atom is 0.491 e. The fraction of sp³-hybridized carbons (Fsp3) is 0.190. The molecule has 11 rings (SSSR count). The summed E-state index contributed by atoms with van der Waals surface area (Å²) in [5.74, 6) is 2.92. The molecule has 0 aliphatic carbocycles. The van der Waals surface area contributed by atoms with Crippen LogP contribution in [-0.2, 0) is 25.3 Å². The smallest absolute Gasteiger partial charge is 0.491 e. The number of rotatable bonds is 2. The molecule has 20 heteroatoms. The SMILES string of the molecule is NC1=NC2(CO1)c1cc(O)ccc1Oc1ccc(-c3cncnc3)cc12.NC1=NC2(CO1)c1cc(O)ccc1Oc1ccc(Br)cc12.OB(O)c1cncnc1.OC1CCCO1. The van der Waals surface area contributed by atoms with Crippen LogP contribution < -0.4 is 26.4 Å². The van der Waals surface area contributed by atoms with Crippen molar-refractivity contribution >= 4 is 40.6 Å². The highest BCUT2D eigenvalue weighted by Gasteiger charge is 2.48. The van der Waals surface area contributed by atoms with Crippen molar-refractivity contribution in [3.63, 3.8) is 0 Å². The fourth-order valence-electron chi connectivity index (χ4n) is 7.29. The van der Waals surface area contributed by atoms with Crippen molar-refractivity contribution in [1.29, 1.82) is 0 Å². The summed E-state index contributed by atoms with van der Waals surface area (Å²) in [6, 6.07) is 21.7. The number of amidine groups is 2. The Labute approximate surface area is 362 Å². The number of aliphatic hydroxyl groups is 1. The zero-order valence-electron chi connectivity index (χ0n) is 32.6. The molecule has 6 aromatic rings. The van der Waals surface area contributed by atoms with Crippen LogP contribution in [0.2, 0.25) is 0 Å². The van der Waals surface area contributed by atoms with Gasteiger partial charge in [-0.3, -0.25) is 0 Å². The Morgan fingerprint density at radius 3 is 1.55 bits per heavy atom. The molecular weight excluding hydrogens is 867 g/mol. The number of aromatic nitrogens is 4. The van der Waals surface area contributed by atoms with E-state index < -0.39 is 24.5 Å². The molecule has 1 fully saturated rings. The predicted octanol–water partition coefficient (Wildman–Crippen LogP) is 3.66. The van der Waals surface area contributed by atoms with Crippen LogP contribution in [0.25, 0.3) is 11.1 Å². The molecule has 0 radical (unpaired) electrons. The van der Waals surface area contributed by atoms with Crippen molar-refractivity contribution in [2.45, 2.75) is 30.2 Å². The van der Waals surface area contributed by atoms with Crippen molar-refractivity contribution in [3.05, 3.63) is 137 Å². The molecule has 0 amide bonds. The zero-order valence-corrected chi connectivity index (χ0v) is 34.2. The van der Waals surface area contributed by atoms with E-state index in [4.69, 9.17) is 50.3 Å². The predicted molar refractivity (Wildman–Crippen MR) is 228 cm³/mol. The minimum absolute atomic E-state index is 0.112. The largest absolute Gasteiger partial charge is 0.508 e. The van der Waals surface area contributed by atoms with Gasteiger partial charge in [0, 0.05) is 75.6 Å². The van der Waals surface area contributed by atoms with Crippen molar-refractivity contribution < 1.29 is 49.1 Å². The number of nitrogens with two attached hydrogens (primary N) is 2. The van der Waals surface area contributed by atoms with Crippen LogP contribution in [0, 0.1) is 0 Å². The normalized spacial score (nSPS) is 20.5. The number of fused-ring (bicyclic) bond motifs is 8. The van der Waals surface area contributed by atoms with Gasteiger partial charge in [-0.25, -0.2) is 29.9 Å². The van der Waals surface area contributed by atoms with Gasteiger partial charge in [0.2, 0.25) is 0 Å². The van der Waals surface area contributed by atoms with Crippen molar-refractivity contribution in [2.24, 2.45) is 21.5 Å². The van der Waals surface area contributed by atoms with Gasteiger partial charge in [0.05, 0.1) is 0 Å². The van der Waals surface area contributed by atoms with Gasteiger partial charge in [0.15, 0.2) is 17.4 Å². The summed E-state index contributed by atoms with van der Waals surface area (Å²) < 4.78 is 28.5. The van der Waals surface area contributed by atoms with E-state index in [2.05, 4.69) is 45.9 Å². The van der Waals surface area contributed by atoms with Gasteiger partial charge in [-0.05, 0) is 78.7 Å². The molecule has 18 nitrogen and oxygen atoms in total. The Balaban J connectivity index is 0.000000130. The standard InChI is InChI=1S/C19H14N4O3.C15H11BrN2O3.C4H5BN2O2.C4H8O2/c20-18-23-19(9-25-18)14-5-11(12-7-21-10-22-8-12)1-3-16(14)26-17-4-2-13(24)6-15(17)19;16-8-1-3-12-10(5-8)15(7-20-14(17)18-15)11-6-9(19)2-4-13(11)21-12;8-5(9)4-1-6-3-7-2-4;5-4-2-1-3-6-4/h1-8,10,24H,9H2,(H2,20,23);1-6,19H,7H2,(H2,17,18);1-3,8-9H;4-5H,1-3H2. The summed E-state index contributed by atoms with van der Waals surface area (Å²) >= 11 is 3.46. The minimum Gasteiger partial charge on any atom is -0.508 e. The number of hydrogen-bond donors (Lipinski definition) is 7. The highest BCUT2D eigenvalue weighted by Crippen LogP contribution is 2.53. The van der Waals surface area contributed by atoms with Gasteiger partial charge in [0.1, 0.15) is 60.4 Å².